The minimum Gasteiger partial charge on any atom is -0.490 e. The Morgan fingerprint density at radius 3 is 2.65 bits per heavy atom. The highest BCUT2D eigenvalue weighted by Crippen LogP contribution is 2.23. The van der Waals surface area contributed by atoms with Gasteiger partial charge in [-0.2, -0.15) is 0 Å². The Hall–Kier alpha value is -2.48. The quantitative estimate of drug-likeness (QED) is 0.871. The summed E-state index contributed by atoms with van der Waals surface area (Å²) in [7, 11) is -1.29. The van der Waals surface area contributed by atoms with Gasteiger partial charge in [0, 0.05) is 12.3 Å². The predicted molar refractivity (Wildman–Crippen MR) is 85.8 cm³/mol. The van der Waals surface area contributed by atoms with Gasteiger partial charge in [-0.1, -0.05) is 30.3 Å². The van der Waals surface area contributed by atoms with Crippen molar-refractivity contribution in [3.05, 3.63) is 42.0 Å². The third kappa shape index (κ3) is 5.03. The van der Waals surface area contributed by atoms with Crippen LogP contribution in [0.25, 0.3) is 0 Å². The van der Waals surface area contributed by atoms with Crippen molar-refractivity contribution in [2.75, 3.05) is 18.2 Å². The second kappa shape index (κ2) is 8.23. The summed E-state index contributed by atoms with van der Waals surface area (Å²) in [6, 6.07) is 10.8. The lowest BCUT2D eigenvalue weighted by atomic mass is 10.2. The van der Waals surface area contributed by atoms with Crippen LogP contribution in [0, 0.1) is 0 Å². The van der Waals surface area contributed by atoms with Crippen LogP contribution in [0.15, 0.2) is 41.4 Å². The maximum absolute atomic E-state index is 11.8. The number of amides is 1. The van der Waals surface area contributed by atoms with Crippen molar-refractivity contribution in [3.63, 3.8) is 0 Å². The number of ether oxygens (including phenoxy) is 2. The molecule has 0 fully saturated rings. The molecular formula is C15H17N3O4S. The predicted octanol–water partition coefficient (Wildman–Crippen LogP) is 2.36. The first-order chi connectivity index (χ1) is 11.1. The molecule has 23 heavy (non-hydrogen) atoms. The van der Waals surface area contributed by atoms with E-state index in [0.29, 0.717) is 12.4 Å². The second-order valence-corrected chi connectivity index (χ2v) is 5.80. The molecule has 1 N–H and O–H groups in total. The second-order valence-electron chi connectivity index (χ2n) is 4.47. The molecule has 1 aromatic carbocycles. The molecule has 122 valence electrons. The summed E-state index contributed by atoms with van der Waals surface area (Å²) >= 11 is 0. The Morgan fingerprint density at radius 1 is 1.26 bits per heavy atom. The van der Waals surface area contributed by atoms with Crippen molar-refractivity contribution < 1.29 is 18.5 Å². The number of aromatic nitrogens is 2. The molecule has 7 nitrogen and oxygen atoms in total. The minimum absolute atomic E-state index is 0.124. The zero-order valence-electron chi connectivity index (χ0n) is 12.8. The van der Waals surface area contributed by atoms with Gasteiger partial charge in [-0.3, -0.25) is 9.53 Å². The fraction of sp³-hybridized carbons (Fsp3) is 0.267. The summed E-state index contributed by atoms with van der Waals surface area (Å²) in [4.78, 5) is 11.8. The topological polar surface area (TPSA) is 90.4 Å². The normalized spacial score (nSPS) is 11.6. The third-order valence-corrected chi connectivity index (χ3v) is 3.55. The Balaban J connectivity index is 2.03. The number of anilines is 1. The lowest BCUT2D eigenvalue weighted by Gasteiger charge is -2.11. The summed E-state index contributed by atoms with van der Waals surface area (Å²) < 4.78 is 21.9. The molecule has 1 aromatic heterocycles. The first kappa shape index (κ1) is 16.9. The Bertz CT molecular complexity index is 694. The van der Waals surface area contributed by atoms with E-state index in [4.69, 9.17) is 9.47 Å². The highest BCUT2D eigenvalue weighted by molar-refractivity contribution is 7.84. The van der Waals surface area contributed by atoms with Gasteiger partial charge < -0.3 is 9.47 Å². The standard InChI is InChI=1S/C15H17N3O4S/c1-3-21-12-9-13(23(2)20)17-18-14(12)16-15(19)22-10-11-7-5-4-6-8-11/h4-9H,3,10H2,1-2H3,(H,16,18,19). The van der Waals surface area contributed by atoms with E-state index < -0.39 is 16.9 Å². The zero-order valence-corrected chi connectivity index (χ0v) is 13.6. The van der Waals surface area contributed by atoms with Crippen LogP contribution >= 0.6 is 0 Å². The number of hydrogen-bond donors (Lipinski definition) is 1. The van der Waals surface area contributed by atoms with Crippen LogP contribution in [-0.4, -0.2) is 33.4 Å². The molecule has 0 radical (unpaired) electrons. The van der Waals surface area contributed by atoms with Gasteiger partial charge in [0.15, 0.2) is 10.8 Å². The summed E-state index contributed by atoms with van der Waals surface area (Å²) in [6.07, 6.45) is 0.815. The highest BCUT2D eigenvalue weighted by Gasteiger charge is 2.14. The van der Waals surface area contributed by atoms with Crippen LogP contribution in [0.1, 0.15) is 12.5 Å². The van der Waals surface area contributed by atoms with Gasteiger partial charge in [-0.05, 0) is 12.5 Å². The fourth-order valence-corrected chi connectivity index (χ4v) is 2.14. The van der Waals surface area contributed by atoms with E-state index in [1.54, 1.807) is 6.92 Å². The van der Waals surface area contributed by atoms with Gasteiger partial charge in [-0.25, -0.2) is 4.79 Å². The van der Waals surface area contributed by atoms with Crippen LogP contribution in [-0.2, 0) is 22.1 Å². The molecule has 0 aliphatic carbocycles. The van der Waals surface area contributed by atoms with E-state index in [1.165, 1.54) is 12.3 Å². The average molecular weight is 335 g/mol. The lowest BCUT2D eigenvalue weighted by Crippen LogP contribution is -2.16. The number of nitrogens with zero attached hydrogens (tertiary/aromatic N) is 2. The first-order valence-corrected chi connectivity index (χ1v) is 8.47. The van der Waals surface area contributed by atoms with Gasteiger partial charge in [0.1, 0.15) is 6.61 Å². The highest BCUT2D eigenvalue weighted by atomic mass is 32.2. The van der Waals surface area contributed by atoms with E-state index in [1.807, 2.05) is 30.3 Å². The molecular weight excluding hydrogens is 318 g/mol. The molecule has 0 aliphatic heterocycles. The van der Waals surface area contributed by atoms with Crippen LogP contribution in [0.3, 0.4) is 0 Å². The summed E-state index contributed by atoms with van der Waals surface area (Å²) in [5, 5.41) is 10.4. The van der Waals surface area contributed by atoms with E-state index in [9.17, 15) is 9.00 Å². The average Bonchev–Trinajstić information content (AvgIpc) is 2.55. The molecule has 2 aromatic rings. The number of carbonyl (C=O) groups excluding carboxylic acids is 1. The molecule has 1 heterocycles. The number of carbonyl (C=O) groups is 1. The van der Waals surface area contributed by atoms with Crippen molar-refractivity contribution in [2.24, 2.45) is 0 Å². The van der Waals surface area contributed by atoms with Gasteiger partial charge in [0.25, 0.3) is 0 Å². The molecule has 1 atom stereocenters. The van der Waals surface area contributed by atoms with Gasteiger partial charge >= 0.3 is 6.09 Å². The van der Waals surface area contributed by atoms with E-state index >= 15 is 0 Å². The minimum atomic E-state index is -1.29. The Kier molecular flexibility index (Phi) is 6.04. The fourth-order valence-electron chi connectivity index (χ4n) is 1.71. The first-order valence-electron chi connectivity index (χ1n) is 6.91. The molecule has 0 bridgehead atoms. The number of benzene rings is 1. The largest absolute Gasteiger partial charge is 0.490 e. The van der Waals surface area contributed by atoms with Gasteiger partial charge in [0.2, 0.25) is 5.82 Å². The van der Waals surface area contributed by atoms with Crippen LogP contribution < -0.4 is 10.1 Å². The van der Waals surface area contributed by atoms with Crippen molar-refractivity contribution in [3.8, 4) is 5.75 Å². The molecule has 1 amide bonds. The van der Waals surface area contributed by atoms with Crippen LogP contribution in [0.2, 0.25) is 0 Å². The van der Waals surface area contributed by atoms with E-state index in [2.05, 4.69) is 15.5 Å². The third-order valence-electron chi connectivity index (χ3n) is 2.76. The van der Waals surface area contributed by atoms with Crippen molar-refractivity contribution >= 4 is 22.7 Å². The molecule has 0 spiro atoms. The number of hydrogen-bond acceptors (Lipinski definition) is 6. The molecule has 2 rings (SSSR count). The maximum atomic E-state index is 11.8. The zero-order chi connectivity index (χ0) is 16.7. The number of nitrogens with one attached hydrogen (secondary N) is 1. The van der Waals surface area contributed by atoms with Crippen molar-refractivity contribution in [1.82, 2.24) is 10.2 Å². The maximum Gasteiger partial charge on any atom is 0.413 e. The van der Waals surface area contributed by atoms with Gasteiger partial charge in [0.05, 0.1) is 17.4 Å². The van der Waals surface area contributed by atoms with Crippen molar-refractivity contribution in [1.29, 1.82) is 0 Å². The SMILES string of the molecule is CCOc1cc(S(C)=O)nnc1NC(=O)OCc1ccccc1. The Morgan fingerprint density at radius 2 is 2.00 bits per heavy atom. The summed E-state index contributed by atoms with van der Waals surface area (Å²) in [6.45, 7) is 2.30. The van der Waals surface area contributed by atoms with E-state index in [0.717, 1.165) is 5.56 Å². The summed E-state index contributed by atoms with van der Waals surface area (Å²) in [5.41, 5.74) is 0.871. The lowest BCUT2D eigenvalue weighted by molar-refractivity contribution is 0.155. The molecule has 1 unspecified atom stereocenters. The molecule has 0 saturated heterocycles. The smallest absolute Gasteiger partial charge is 0.413 e. The molecule has 8 heteroatoms. The van der Waals surface area contributed by atoms with E-state index in [-0.39, 0.29) is 17.5 Å². The van der Waals surface area contributed by atoms with Gasteiger partial charge in [-0.15, -0.1) is 10.2 Å². The van der Waals surface area contributed by atoms with Crippen LogP contribution in [0.5, 0.6) is 5.75 Å². The monoisotopic (exact) mass is 335 g/mol. The van der Waals surface area contributed by atoms with Crippen LogP contribution in [0.4, 0.5) is 10.6 Å². The Labute approximate surface area is 136 Å². The summed E-state index contributed by atoms with van der Waals surface area (Å²) in [5.74, 6) is 0.420. The molecule has 0 aliphatic rings. The molecule has 0 saturated carbocycles. The van der Waals surface area contributed by atoms with Crippen molar-refractivity contribution in [2.45, 2.75) is 18.6 Å². The number of rotatable bonds is 6.